The van der Waals surface area contributed by atoms with Gasteiger partial charge >= 0.3 is 0 Å². The molecule has 0 unspecified atom stereocenters. The Morgan fingerprint density at radius 3 is 2.52 bits per heavy atom. The van der Waals surface area contributed by atoms with Crippen LogP contribution >= 0.6 is 12.0 Å². The molecule has 0 fully saturated rings. The van der Waals surface area contributed by atoms with Gasteiger partial charge in [-0.15, -0.1) is 4.33 Å². The van der Waals surface area contributed by atoms with Crippen molar-refractivity contribution >= 4 is 44.9 Å². The molecule has 0 aromatic heterocycles. The predicted octanol–water partition coefficient (Wildman–Crippen LogP) is 2.38. The van der Waals surface area contributed by atoms with Crippen LogP contribution in [-0.4, -0.2) is 38.2 Å². The van der Waals surface area contributed by atoms with E-state index < -0.39 is 15.0 Å². The Labute approximate surface area is 135 Å². The van der Waals surface area contributed by atoms with E-state index in [2.05, 4.69) is 35.1 Å². The molecule has 0 radical (unpaired) electrons. The minimum absolute atomic E-state index is 0.0437. The highest BCUT2D eigenvalue weighted by molar-refractivity contribution is 7.94. The number of rotatable bonds is 8. The van der Waals surface area contributed by atoms with Crippen LogP contribution in [0.4, 0.5) is 22.7 Å². The minimum atomic E-state index is -4.60. The third kappa shape index (κ3) is 5.08. The fraction of sp³-hybridized carbons (Fsp3) is 0.333. The molecule has 12 nitrogen and oxygen atoms in total. The molecule has 0 aliphatic rings. The van der Waals surface area contributed by atoms with E-state index in [1.54, 1.807) is 0 Å². The van der Waals surface area contributed by atoms with E-state index in [0.717, 1.165) is 6.07 Å². The molecule has 0 heterocycles. The second-order valence-corrected chi connectivity index (χ2v) is 5.74. The number of benzene rings is 1. The molecular formula is C9H14N6O6S2. The van der Waals surface area contributed by atoms with Crippen LogP contribution in [0.1, 0.15) is 0 Å². The van der Waals surface area contributed by atoms with Gasteiger partial charge < -0.3 is 11.1 Å². The fourth-order valence-corrected chi connectivity index (χ4v) is 2.50. The number of nitrogens with one attached hydrogen (secondary N) is 1. The number of azo groups is 2. The summed E-state index contributed by atoms with van der Waals surface area (Å²) < 4.78 is 36.3. The largest absolute Gasteiger partial charge is 0.396 e. The van der Waals surface area contributed by atoms with Gasteiger partial charge in [-0.3, -0.25) is 4.55 Å². The molecular weight excluding hydrogens is 352 g/mol. The Bertz CT molecular complexity index is 707. The highest BCUT2D eigenvalue weighted by atomic mass is 32.2. The molecule has 1 rings (SSSR count). The van der Waals surface area contributed by atoms with Gasteiger partial charge in [0, 0.05) is 14.1 Å². The van der Waals surface area contributed by atoms with E-state index in [9.17, 15) is 13.0 Å². The summed E-state index contributed by atoms with van der Waals surface area (Å²) >= 11 is 0.681. The van der Waals surface area contributed by atoms with Crippen molar-refractivity contribution < 1.29 is 27.6 Å². The van der Waals surface area contributed by atoms with Crippen molar-refractivity contribution in [2.24, 2.45) is 20.5 Å². The van der Waals surface area contributed by atoms with Crippen molar-refractivity contribution in [2.45, 2.75) is 4.90 Å². The predicted molar refractivity (Wildman–Crippen MR) is 82.4 cm³/mol. The van der Waals surface area contributed by atoms with Gasteiger partial charge in [0.2, 0.25) is 0 Å². The van der Waals surface area contributed by atoms with E-state index in [1.165, 1.54) is 14.1 Å². The molecule has 14 heteroatoms. The SMILES string of the molecule is CN=Nc1cc(S(=O)(=O)O)c(N)c(N=NC)c1NCSOOO. The van der Waals surface area contributed by atoms with E-state index in [-0.39, 0.29) is 28.6 Å². The summed E-state index contributed by atoms with van der Waals surface area (Å²) in [6, 6.07) is 1.03. The third-order valence-corrected chi connectivity index (χ3v) is 3.67. The second kappa shape index (κ2) is 8.70. The zero-order valence-corrected chi connectivity index (χ0v) is 13.6. The van der Waals surface area contributed by atoms with Crippen LogP contribution in [0.15, 0.2) is 31.4 Å². The third-order valence-electron chi connectivity index (χ3n) is 2.35. The van der Waals surface area contributed by atoms with Crippen molar-refractivity contribution in [3.63, 3.8) is 0 Å². The Morgan fingerprint density at radius 1 is 1.35 bits per heavy atom. The summed E-state index contributed by atoms with van der Waals surface area (Å²) in [5.74, 6) is 0.0453. The first-order valence-electron chi connectivity index (χ1n) is 5.74. The standard InChI is InChI=1S/C9H14N6O6S2/c1-11-14-5-3-6(23(17,18)19)7(10)9(15-12-2)8(5)13-4-22-21-20-16/h3,13,16H,4,10H2,1-2H3,(H,17,18,19). The Hall–Kier alpha value is -1.84. The number of anilines is 2. The second-order valence-electron chi connectivity index (χ2n) is 3.69. The maximum atomic E-state index is 11.4. The van der Waals surface area contributed by atoms with E-state index in [4.69, 9.17) is 11.0 Å². The van der Waals surface area contributed by atoms with Crippen molar-refractivity contribution in [1.82, 2.24) is 0 Å². The quantitative estimate of drug-likeness (QED) is 0.0784. The van der Waals surface area contributed by atoms with Crippen LogP contribution in [0.25, 0.3) is 0 Å². The van der Waals surface area contributed by atoms with Gasteiger partial charge in [-0.1, -0.05) is 5.04 Å². The highest BCUT2D eigenvalue weighted by Crippen LogP contribution is 2.44. The molecule has 5 N–H and O–H groups in total. The molecule has 0 saturated heterocycles. The Morgan fingerprint density at radius 2 is 2.00 bits per heavy atom. The van der Waals surface area contributed by atoms with Crippen LogP contribution in [0.2, 0.25) is 0 Å². The van der Waals surface area contributed by atoms with Gasteiger partial charge in [-0.2, -0.15) is 28.9 Å². The van der Waals surface area contributed by atoms with Gasteiger partial charge in [0.25, 0.3) is 10.1 Å². The summed E-state index contributed by atoms with van der Waals surface area (Å²) in [6.45, 7) is 0. The first-order chi connectivity index (χ1) is 10.9. The number of nitrogens with zero attached hydrogens (tertiary/aromatic N) is 4. The lowest BCUT2D eigenvalue weighted by atomic mass is 10.2. The zero-order valence-electron chi connectivity index (χ0n) is 12.0. The number of hydrogen-bond donors (Lipinski definition) is 4. The Kier molecular flexibility index (Phi) is 7.27. The highest BCUT2D eigenvalue weighted by Gasteiger charge is 2.23. The molecule has 0 aliphatic heterocycles. The average Bonchev–Trinajstić information content (AvgIpc) is 2.47. The molecule has 1 aromatic carbocycles. The number of nitrogen functional groups attached to an aromatic ring is 1. The van der Waals surface area contributed by atoms with Crippen molar-refractivity contribution in [3.8, 4) is 0 Å². The van der Waals surface area contributed by atoms with Crippen molar-refractivity contribution in [3.05, 3.63) is 6.07 Å². The summed E-state index contributed by atoms with van der Waals surface area (Å²) in [6.07, 6.45) is 0. The number of nitrogens with two attached hydrogens (primary N) is 1. The van der Waals surface area contributed by atoms with Gasteiger partial charge in [-0.25, -0.2) is 5.26 Å². The molecule has 0 amide bonds. The van der Waals surface area contributed by atoms with Crippen molar-refractivity contribution in [1.29, 1.82) is 0 Å². The molecule has 0 atom stereocenters. The van der Waals surface area contributed by atoms with Crippen LogP contribution in [0.5, 0.6) is 0 Å². The molecule has 0 spiro atoms. The zero-order chi connectivity index (χ0) is 17.5. The summed E-state index contributed by atoms with van der Waals surface area (Å²) in [5, 5.41) is 28.9. The molecule has 23 heavy (non-hydrogen) atoms. The summed E-state index contributed by atoms with van der Waals surface area (Å²) in [4.78, 5) is -0.574. The molecule has 128 valence electrons. The minimum Gasteiger partial charge on any atom is -0.396 e. The average molecular weight is 366 g/mol. The molecule has 0 aliphatic carbocycles. The molecule has 0 bridgehead atoms. The first-order valence-corrected chi connectivity index (χ1v) is 8.09. The Balaban J connectivity index is 3.48. The molecule has 0 saturated carbocycles. The summed E-state index contributed by atoms with van der Waals surface area (Å²) in [5.41, 5.74) is 5.60. The normalized spacial score (nSPS) is 12.3. The van der Waals surface area contributed by atoms with Crippen molar-refractivity contribution in [2.75, 3.05) is 31.0 Å². The van der Waals surface area contributed by atoms with E-state index in [1.807, 2.05) is 0 Å². The van der Waals surface area contributed by atoms with Gasteiger partial charge in [0.1, 0.15) is 16.3 Å². The lowest BCUT2D eigenvalue weighted by Crippen LogP contribution is -2.06. The van der Waals surface area contributed by atoms with Gasteiger partial charge in [0.15, 0.2) is 0 Å². The van der Waals surface area contributed by atoms with Crippen LogP contribution in [0.3, 0.4) is 0 Å². The van der Waals surface area contributed by atoms with Crippen LogP contribution in [-0.2, 0) is 19.5 Å². The fourth-order valence-electron chi connectivity index (χ4n) is 1.57. The maximum Gasteiger partial charge on any atom is 0.296 e. The van der Waals surface area contributed by atoms with E-state index >= 15 is 0 Å². The summed E-state index contributed by atoms with van der Waals surface area (Å²) in [7, 11) is -1.88. The van der Waals surface area contributed by atoms with Gasteiger partial charge in [0.05, 0.1) is 29.3 Å². The maximum absolute atomic E-state index is 11.4. The lowest BCUT2D eigenvalue weighted by molar-refractivity contribution is -0.432. The first kappa shape index (κ1) is 19.2. The van der Waals surface area contributed by atoms with Crippen LogP contribution < -0.4 is 11.1 Å². The lowest BCUT2D eigenvalue weighted by Gasteiger charge is -2.14. The van der Waals surface area contributed by atoms with Gasteiger partial charge in [-0.05, 0) is 6.07 Å². The monoisotopic (exact) mass is 366 g/mol. The molecule has 1 aromatic rings. The topological polar surface area (TPSA) is 181 Å². The number of hydrogen-bond acceptors (Lipinski definition) is 12. The van der Waals surface area contributed by atoms with Crippen LogP contribution in [0, 0.1) is 0 Å². The van der Waals surface area contributed by atoms with E-state index in [0.29, 0.717) is 12.0 Å². The smallest absolute Gasteiger partial charge is 0.296 e.